The lowest BCUT2D eigenvalue weighted by molar-refractivity contribution is 0.342. The minimum atomic E-state index is -3.61. The summed E-state index contributed by atoms with van der Waals surface area (Å²) in [4.78, 5) is 0. The molecule has 5 heteroatoms. The summed E-state index contributed by atoms with van der Waals surface area (Å²) >= 11 is 0. The van der Waals surface area contributed by atoms with E-state index in [-0.39, 0.29) is 24.1 Å². The first-order chi connectivity index (χ1) is 11.1. The molecule has 2 aromatic carbocycles. The van der Waals surface area contributed by atoms with Crippen LogP contribution in [-0.4, -0.2) is 11.7 Å². The smallest absolute Gasteiger partial charge is 0.274 e. The molecule has 0 radical (unpaired) electrons. The molecule has 0 fully saturated rings. The van der Waals surface area contributed by atoms with Crippen molar-refractivity contribution in [3.05, 3.63) is 77.3 Å². The van der Waals surface area contributed by atoms with Crippen LogP contribution < -0.4 is 5.30 Å². The number of hydrogen-bond acceptors (Lipinski definition) is 4. The zero-order valence-corrected chi connectivity index (χ0v) is 13.7. The summed E-state index contributed by atoms with van der Waals surface area (Å²) in [5.41, 5.74) is 0.828. The maximum atomic E-state index is 13.3. The second kappa shape index (κ2) is 7.78. The van der Waals surface area contributed by atoms with Crippen LogP contribution in [0.2, 0.25) is 0 Å². The highest BCUT2D eigenvalue weighted by Crippen LogP contribution is 2.54. The van der Waals surface area contributed by atoms with Gasteiger partial charge in [-0.25, -0.2) is 0 Å². The van der Waals surface area contributed by atoms with Crippen molar-refractivity contribution in [2.24, 2.45) is 0 Å². The number of allylic oxidation sites excluding steroid dienone is 2. The molecule has 1 N–H and O–H groups in total. The SMILES string of the molecule is CCOP(=O)(/C(C#N)=C(\O)Cc1ccccc1)c1ccccc1. The number of hydrogen-bond donors (Lipinski definition) is 1. The van der Waals surface area contributed by atoms with Crippen molar-refractivity contribution in [2.75, 3.05) is 6.61 Å². The lowest BCUT2D eigenvalue weighted by Crippen LogP contribution is -2.11. The molecule has 0 spiro atoms. The Morgan fingerprint density at radius 1 is 1.13 bits per heavy atom. The van der Waals surface area contributed by atoms with Crippen LogP contribution >= 0.6 is 7.37 Å². The topological polar surface area (TPSA) is 70.3 Å². The first-order valence-corrected chi connectivity index (χ1v) is 8.91. The minimum absolute atomic E-state index is 0.133. The van der Waals surface area contributed by atoms with Gasteiger partial charge >= 0.3 is 0 Å². The molecule has 4 nitrogen and oxygen atoms in total. The summed E-state index contributed by atoms with van der Waals surface area (Å²) in [6.45, 7) is 1.88. The van der Waals surface area contributed by atoms with E-state index in [0.717, 1.165) is 5.56 Å². The number of aliphatic hydroxyl groups is 1. The largest absolute Gasteiger partial charge is 0.510 e. The summed E-state index contributed by atoms with van der Waals surface area (Å²) in [6, 6.07) is 19.6. The molecule has 118 valence electrons. The summed E-state index contributed by atoms with van der Waals surface area (Å²) in [6.07, 6.45) is 0.133. The first-order valence-electron chi connectivity index (χ1n) is 7.28. The van der Waals surface area contributed by atoms with Gasteiger partial charge < -0.3 is 9.63 Å². The first kappa shape index (κ1) is 17.0. The Kier molecular flexibility index (Phi) is 5.76. The summed E-state index contributed by atoms with van der Waals surface area (Å²) < 4.78 is 18.8. The lowest BCUT2D eigenvalue weighted by Gasteiger charge is -2.18. The van der Waals surface area contributed by atoms with Gasteiger partial charge in [-0.1, -0.05) is 48.5 Å². The van der Waals surface area contributed by atoms with Gasteiger partial charge in [-0.3, -0.25) is 4.57 Å². The Labute approximate surface area is 136 Å². The van der Waals surface area contributed by atoms with Crippen molar-refractivity contribution in [2.45, 2.75) is 13.3 Å². The van der Waals surface area contributed by atoms with Gasteiger partial charge in [0, 0.05) is 11.7 Å². The molecule has 1 unspecified atom stereocenters. The van der Waals surface area contributed by atoms with Crippen LogP contribution in [-0.2, 0) is 15.5 Å². The van der Waals surface area contributed by atoms with Crippen LogP contribution in [0.1, 0.15) is 12.5 Å². The van der Waals surface area contributed by atoms with E-state index in [2.05, 4.69) is 0 Å². The third-order valence-corrected chi connectivity index (χ3v) is 5.84. The van der Waals surface area contributed by atoms with E-state index >= 15 is 0 Å². The highest BCUT2D eigenvalue weighted by atomic mass is 31.2. The zero-order chi connectivity index (χ0) is 16.7. The lowest BCUT2D eigenvalue weighted by atomic mass is 10.1. The summed E-state index contributed by atoms with van der Waals surface area (Å²) in [5, 5.41) is 20.1. The van der Waals surface area contributed by atoms with E-state index in [1.807, 2.05) is 36.4 Å². The molecule has 2 rings (SSSR count). The fourth-order valence-corrected chi connectivity index (χ4v) is 4.26. The van der Waals surface area contributed by atoms with E-state index in [0.29, 0.717) is 5.30 Å². The van der Waals surface area contributed by atoms with Crippen LogP contribution in [0.15, 0.2) is 71.7 Å². The van der Waals surface area contributed by atoms with Gasteiger partial charge in [0.2, 0.25) is 0 Å². The van der Waals surface area contributed by atoms with E-state index in [1.165, 1.54) is 0 Å². The normalized spacial score (nSPS) is 14.4. The van der Waals surface area contributed by atoms with Gasteiger partial charge in [0.15, 0.2) is 5.31 Å². The highest BCUT2D eigenvalue weighted by molar-refractivity contribution is 7.71. The second-order valence-electron chi connectivity index (χ2n) is 4.87. The van der Waals surface area contributed by atoms with Gasteiger partial charge in [0.1, 0.15) is 11.8 Å². The van der Waals surface area contributed by atoms with E-state index in [9.17, 15) is 14.9 Å². The molecule has 0 heterocycles. The van der Waals surface area contributed by atoms with E-state index in [4.69, 9.17) is 4.52 Å². The minimum Gasteiger partial charge on any atom is -0.510 e. The van der Waals surface area contributed by atoms with Gasteiger partial charge in [0.25, 0.3) is 7.37 Å². The van der Waals surface area contributed by atoms with Crippen molar-refractivity contribution >= 4 is 12.7 Å². The average molecular weight is 327 g/mol. The van der Waals surface area contributed by atoms with Crippen molar-refractivity contribution in [1.82, 2.24) is 0 Å². The van der Waals surface area contributed by atoms with Gasteiger partial charge in [0.05, 0.1) is 6.61 Å². The number of nitrogens with zero attached hydrogens (tertiary/aromatic N) is 1. The number of rotatable bonds is 6. The molecular weight excluding hydrogens is 309 g/mol. The molecule has 0 aliphatic rings. The maximum Gasteiger partial charge on any atom is 0.274 e. The summed E-state index contributed by atoms with van der Waals surface area (Å²) in [5.74, 6) is -0.223. The van der Waals surface area contributed by atoms with Gasteiger partial charge in [-0.15, -0.1) is 0 Å². The third kappa shape index (κ3) is 3.90. The second-order valence-corrected chi connectivity index (χ2v) is 7.20. The van der Waals surface area contributed by atoms with Crippen molar-refractivity contribution in [3.8, 4) is 6.07 Å². The quantitative estimate of drug-likeness (QED) is 0.491. The molecule has 0 saturated carbocycles. The van der Waals surface area contributed by atoms with Crippen LogP contribution in [0.5, 0.6) is 0 Å². The molecule has 23 heavy (non-hydrogen) atoms. The highest BCUT2D eigenvalue weighted by Gasteiger charge is 2.34. The molecular formula is C18H18NO3P. The molecule has 0 aromatic heterocycles. The standard InChI is InChI=1S/C18H18NO3P/c1-2-22-23(21,16-11-7-4-8-12-16)18(14-19)17(20)13-15-9-5-3-6-10-15/h3-12,20H,2,13H2,1H3/b18-17-. The predicted molar refractivity (Wildman–Crippen MR) is 90.7 cm³/mol. The van der Waals surface area contributed by atoms with Crippen molar-refractivity contribution < 1.29 is 14.2 Å². The van der Waals surface area contributed by atoms with Gasteiger partial charge in [-0.05, 0) is 24.6 Å². The zero-order valence-electron chi connectivity index (χ0n) is 12.8. The predicted octanol–water partition coefficient (Wildman–Crippen LogP) is 4.16. The fraction of sp³-hybridized carbons (Fsp3) is 0.167. The number of aliphatic hydroxyl groups excluding tert-OH is 1. The van der Waals surface area contributed by atoms with Crippen LogP contribution in [0, 0.1) is 11.3 Å². The average Bonchev–Trinajstić information content (AvgIpc) is 2.57. The van der Waals surface area contributed by atoms with Gasteiger partial charge in [-0.2, -0.15) is 5.26 Å². The summed E-state index contributed by atoms with van der Waals surface area (Å²) in [7, 11) is -3.61. The monoisotopic (exact) mass is 327 g/mol. The number of nitriles is 1. The molecule has 0 aliphatic carbocycles. The Hall–Kier alpha value is -2.34. The fourth-order valence-electron chi connectivity index (χ4n) is 2.25. The van der Waals surface area contributed by atoms with E-state index in [1.54, 1.807) is 37.3 Å². The molecule has 2 aromatic rings. The van der Waals surface area contributed by atoms with Crippen molar-refractivity contribution in [3.63, 3.8) is 0 Å². The third-order valence-electron chi connectivity index (χ3n) is 3.30. The Morgan fingerprint density at radius 3 is 2.22 bits per heavy atom. The molecule has 0 amide bonds. The van der Waals surface area contributed by atoms with Crippen LogP contribution in [0.4, 0.5) is 0 Å². The molecule has 1 atom stereocenters. The Morgan fingerprint density at radius 2 is 1.70 bits per heavy atom. The Bertz CT molecular complexity index is 764. The van der Waals surface area contributed by atoms with Crippen LogP contribution in [0.25, 0.3) is 0 Å². The van der Waals surface area contributed by atoms with Crippen molar-refractivity contribution in [1.29, 1.82) is 5.26 Å². The van der Waals surface area contributed by atoms with Crippen LogP contribution in [0.3, 0.4) is 0 Å². The molecule has 0 aliphatic heterocycles. The Balaban J connectivity index is 2.49. The number of benzene rings is 2. The molecule has 0 bridgehead atoms. The maximum absolute atomic E-state index is 13.3. The molecule has 0 saturated heterocycles. The van der Waals surface area contributed by atoms with E-state index < -0.39 is 7.37 Å².